The maximum absolute atomic E-state index is 13.0. The Labute approximate surface area is 238 Å². The first-order chi connectivity index (χ1) is 18.8. The smallest absolute Gasteiger partial charge is 0.324 e. The van der Waals surface area contributed by atoms with E-state index in [4.69, 9.17) is 18.0 Å². The van der Waals surface area contributed by atoms with E-state index in [2.05, 4.69) is 21.7 Å². The lowest BCUT2D eigenvalue weighted by atomic mass is 9.84. The molecule has 2 saturated heterocycles. The molecule has 2 atom stereocenters. The van der Waals surface area contributed by atoms with Crippen LogP contribution in [0.1, 0.15) is 55.4 Å². The Morgan fingerprint density at radius 2 is 2.00 bits per heavy atom. The third kappa shape index (κ3) is 7.79. The highest BCUT2D eigenvalue weighted by Crippen LogP contribution is 2.29. The molecule has 1 aromatic carbocycles. The summed E-state index contributed by atoms with van der Waals surface area (Å²) in [6.45, 7) is 3.47. The maximum atomic E-state index is 13.0. The van der Waals surface area contributed by atoms with Gasteiger partial charge in [0.2, 0.25) is 5.91 Å². The van der Waals surface area contributed by atoms with E-state index in [0.29, 0.717) is 62.7 Å². The van der Waals surface area contributed by atoms with Gasteiger partial charge in [-0.05, 0) is 61.8 Å². The number of benzene rings is 1. The standard InChI is InChI=1S/C28H34ClN5O4S/c1-2-3-4-14-28(27(36)30-31-28)15-5-6-25(35)33-16-13-22(19-33)18-32(17-21-7-9-23(29)10-8-21)20-24-11-12-26(39-24)34(37)38/h1,7-12,22,31H,3-6,13-20H2,(H,30,36). The van der Waals surface area contributed by atoms with Crippen molar-refractivity contribution < 1.29 is 14.5 Å². The summed E-state index contributed by atoms with van der Waals surface area (Å²) in [5, 5.41) is 12.0. The second-order valence-electron chi connectivity index (χ2n) is 10.4. The number of hydrogen-bond donors (Lipinski definition) is 2. The molecule has 2 unspecified atom stereocenters. The summed E-state index contributed by atoms with van der Waals surface area (Å²) >= 11 is 7.26. The number of carbonyl (C=O) groups is 2. The van der Waals surface area contributed by atoms with Crippen molar-refractivity contribution in [3.8, 4) is 12.3 Å². The third-order valence-corrected chi connectivity index (χ3v) is 8.72. The molecule has 39 heavy (non-hydrogen) atoms. The fraction of sp³-hybridized carbons (Fsp3) is 0.500. The Hall–Kier alpha value is -2.97. The molecule has 2 N–H and O–H groups in total. The maximum Gasteiger partial charge on any atom is 0.324 e. The number of hydrazine groups is 1. The Kier molecular flexibility index (Phi) is 9.97. The number of amides is 2. The number of nitrogens with one attached hydrogen (secondary N) is 2. The first-order valence-electron chi connectivity index (χ1n) is 13.3. The lowest BCUT2D eigenvalue weighted by Gasteiger charge is -2.42. The van der Waals surface area contributed by atoms with Crippen molar-refractivity contribution in [2.24, 2.45) is 5.92 Å². The number of thiophene rings is 1. The number of nitrogens with zero attached hydrogens (tertiary/aromatic N) is 3. The van der Waals surface area contributed by atoms with Crippen LogP contribution in [0, 0.1) is 28.4 Å². The van der Waals surface area contributed by atoms with Gasteiger partial charge in [0.05, 0.1) is 4.92 Å². The van der Waals surface area contributed by atoms with Gasteiger partial charge < -0.3 is 4.90 Å². The van der Waals surface area contributed by atoms with Crippen molar-refractivity contribution >= 4 is 39.8 Å². The van der Waals surface area contributed by atoms with E-state index in [0.717, 1.165) is 36.4 Å². The molecule has 4 rings (SSSR count). The van der Waals surface area contributed by atoms with E-state index in [1.54, 1.807) is 6.07 Å². The van der Waals surface area contributed by atoms with Crippen LogP contribution in [0.25, 0.3) is 0 Å². The van der Waals surface area contributed by atoms with Crippen LogP contribution in [-0.2, 0) is 22.7 Å². The van der Waals surface area contributed by atoms with E-state index in [9.17, 15) is 19.7 Å². The molecule has 1 aromatic heterocycles. The van der Waals surface area contributed by atoms with Crippen molar-refractivity contribution in [2.45, 2.75) is 63.6 Å². The van der Waals surface area contributed by atoms with Gasteiger partial charge in [-0.15, -0.1) is 12.3 Å². The molecule has 2 fully saturated rings. The van der Waals surface area contributed by atoms with E-state index in [-0.39, 0.29) is 21.7 Å². The number of likely N-dealkylation sites (tertiary alicyclic amines) is 1. The van der Waals surface area contributed by atoms with Crippen LogP contribution >= 0.6 is 22.9 Å². The Bertz CT molecular complexity index is 1210. The number of nitro groups is 1. The lowest BCUT2D eigenvalue weighted by molar-refractivity contribution is -0.380. The highest BCUT2D eigenvalue weighted by Gasteiger charge is 2.45. The monoisotopic (exact) mass is 571 g/mol. The highest BCUT2D eigenvalue weighted by atomic mass is 35.5. The largest absolute Gasteiger partial charge is 0.342 e. The number of halogens is 1. The molecule has 2 amide bonds. The minimum atomic E-state index is -0.607. The van der Waals surface area contributed by atoms with Gasteiger partial charge in [0.15, 0.2) is 0 Å². The molecule has 0 radical (unpaired) electrons. The van der Waals surface area contributed by atoms with Crippen LogP contribution in [0.15, 0.2) is 36.4 Å². The Balaban J connectivity index is 1.30. The number of rotatable bonds is 14. The SMILES string of the molecule is C#CCCCC1(CCCC(=O)N2CCC(CN(Cc3ccc(Cl)cc3)Cc3ccc([N+](=O)[O-])s3)C2)NNC1=O. The molecule has 0 aliphatic carbocycles. The van der Waals surface area contributed by atoms with Gasteiger partial charge >= 0.3 is 5.00 Å². The van der Waals surface area contributed by atoms with Crippen LogP contribution in [0.2, 0.25) is 5.02 Å². The van der Waals surface area contributed by atoms with E-state index in [1.807, 2.05) is 35.2 Å². The van der Waals surface area contributed by atoms with Crippen molar-refractivity contribution in [2.75, 3.05) is 19.6 Å². The van der Waals surface area contributed by atoms with Crippen molar-refractivity contribution in [1.82, 2.24) is 20.7 Å². The highest BCUT2D eigenvalue weighted by molar-refractivity contribution is 7.15. The summed E-state index contributed by atoms with van der Waals surface area (Å²) in [6, 6.07) is 11.1. The number of unbranched alkanes of at least 4 members (excludes halogenated alkanes) is 1. The Morgan fingerprint density at radius 3 is 2.64 bits per heavy atom. The average Bonchev–Trinajstić information content (AvgIpc) is 3.58. The predicted molar refractivity (Wildman–Crippen MR) is 152 cm³/mol. The second kappa shape index (κ2) is 13.4. The van der Waals surface area contributed by atoms with Crippen LogP contribution < -0.4 is 10.9 Å². The first-order valence-corrected chi connectivity index (χ1v) is 14.5. The zero-order chi connectivity index (χ0) is 27.8. The predicted octanol–water partition coefficient (Wildman–Crippen LogP) is 4.51. The molecule has 0 spiro atoms. The summed E-state index contributed by atoms with van der Waals surface area (Å²) < 4.78 is 0. The zero-order valence-corrected chi connectivity index (χ0v) is 23.4. The summed E-state index contributed by atoms with van der Waals surface area (Å²) in [7, 11) is 0. The molecular formula is C28H34ClN5O4S. The lowest BCUT2D eigenvalue weighted by Crippen LogP contribution is -2.74. The molecule has 0 saturated carbocycles. The van der Waals surface area contributed by atoms with Gasteiger partial charge in [-0.1, -0.05) is 35.1 Å². The molecule has 11 heteroatoms. The second-order valence-corrected chi connectivity index (χ2v) is 11.9. The quantitative estimate of drug-likeness (QED) is 0.149. The minimum Gasteiger partial charge on any atom is -0.342 e. The van der Waals surface area contributed by atoms with Gasteiger partial charge in [-0.2, -0.15) is 0 Å². The van der Waals surface area contributed by atoms with Gasteiger partial charge in [0.25, 0.3) is 5.91 Å². The molecule has 208 valence electrons. The van der Waals surface area contributed by atoms with Crippen molar-refractivity contribution in [3.05, 3.63) is 62.0 Å². The van der Waals surface area contributed by atoms with Gasteiger partial charge in [-0.3, -0.25) is 30.0 Å². The normalized spacial score (nSPS) is 20.5. The molecule has 0 bridgehead atoms. The minimum absolute atomic E-state index is 0.0231. The van der Waals surface area contributed by atoms with Crippen molar-refractivity contribution in [1.29, 1.82) is 0 Å². The molecule has 2 aliphatic heterocycles. The van der Waals surface area contributed by atoms with E-state index >= 15 is 0 Å². The van der Waals surface area contributed by atoms with Crippen molar-refractivity contribution in [3.63, 3.8) is 0 Å². The molecule has 2 aromatic rings. The molecule has 3 heterocycles. The third-order valence-electron chi connectivity index (χ3n) is 7.45. The number of terminal acetylenes is 1. The molecule has 9 nitrogen and oxygen atoms in total. The summed E-state index contributed by atoms with van der Waals surface area (Å²) in [5.74, 6) is 3.02. The summed E-state index contributed by atoms with van der Waals surface area (Å²) in [6.07, 6.45) is 9.97. The van der Waals surface area contributed by atoms with Crippen LogP contribution in [-0.4, -0.2) is 51.7 Å². The van der Waals surface area contributed by atoms with Gasteiger partial charge in [0, 0.05) is 61.5 Å². The van der Waals surface area contributed by atoms with Gasteiger partial charge in [0.1, 0.15) is 5.54 Å². The average molecular weight is 572 g/mol. The van der Waals surface area contributed by atoms with E-state index < -0.39 is 5.54 Å². The van der Waals surface area contributed by atoms with Crippen LogP contribution in [0.3, 0.4) is 0 Å². The van der Waals surface area contributed by atoms with Crippen LogP contribution in [0.4, 0.5) is 5.00 Å². The van der Waals surface area contributed by atoms with Crippen LogP contribution in [0.5, 0.6) is 0 Å². The molecule has 2 aliphatic rings. The molecular weight excluding hydrogens is 538 g/mol. The number of hydrogen-bond acceptors (Lipinski definition) is 7. The van der Waals surface area contributed by atoms with Gasteiger partial charge in [-0.25, -0.2) is 5.43 Å². The summed E-state index contributed by atoms with van der Waals surface area (Å²) in [4.78, 5) is 41.1. The summed E-state index contributed by atoms with van der Waals surface area (Å²) in [5.41, 5.74) is 6.16. The topological polar surface area (TPSA) is 108 Å². The fourth-order valence-corrected chi connectivity index (χ4v) is 6.32. The Morgan fingerprint density at radius 1 is 1.23 bits per heavy atom. The first kappa shape index (κ1) is 29.0. The number of carbonyl (C=O) groups excluding carboxylic acids is 2. The van der Waals surface area contributed by atoms with E-state index in [1.165, 1.54) is 11.3 Å². The fourth-order valence-electron chi connectivity index (χ4n) is 5.34. The zero-order valence-electron chi connectivity index (χ0n) is 21.9.